The molecule has 2 aromatic heterocycles. The predicted molar refractivity (Wildman–Crippen MR) is 159 cm³/mol. The van der Waals surface area contributed by atoms with E-state index in [1.165, 1.54) is 17.9 Å². The lowest BCUT2D eigenvalue weighted by Gasteiger charge is -2.51. The number of hydrogen-bond donors (Lipinski definition) is 0. The zero-order valence-electron chi connectivity index (χ0n) is 31.7. The first-order valence-corrected chi connectivity index (χ1v) is 14.2. The van der Waals surface area contributed by atoms with Crippen LogP contribution in [0, 0.1) is 36.4 Å². The molecule has 7 heteroatoms. The number of halogens is 1. The average molecular weight is 557 g/mol. The van der Waals surface area contributed by atoms with Gasteiger partial charge >= 0.3 is 0 Å². The summed E-state index contributed by atoms with van der Waals surface area (Å²) in [6, 6.07) is 2.15. The van der Waals surface area contributed by atoms with Crippen LogP contribution in [0.2, 0.25) is 0 Å². The van der Waals surface area contributed by atoms with Crippen LogP contribution in [-0.2, 0) is 6.42 Å². The maximum Gasteiger partial charge on any atom is 0.257 e. The van der Waals surface area contributed by atoms with E-state index in [1.807, 2.05) is 6.92 Å². The second-order valence-electron chi connectivity index (χ2n) is 13.6. The van der Waals surface area contributed by atoms with Gasteiger partial charge in [-0.1, -0.05) is 46.7 Å². The smallest absolute Gasteiger partial charge is 0.257 e. The fraction of sp³-hybridized carbons (Fsp3) is 0.667. The standard InChI is InChI=1S/C33H47FN4O2/c1-18-14-23(34)15-25-28(18)29(36-40-25)24-12-13-37(33(10,11)20(24)3)17-19(2)27-21(4)35-26-16-31(6,7)32(8,9)22(5)38(26)30(27)39/h14-15,19-20,22,24H,12-13,16-17H2,1-11H3/i12D2,13D2,20D,24D. The second kappa shape index (κ2) is 9.50. The summed E-state index contributed by atoms with van der Waals surface area (Å²) < 4.78 is 78.0. The van der Waals surface area contributed by atoms with Crippen LogP contribution in [0.25, 0.3) is 11.0 Å². The molecule has 0 N–H and O–H groups in total. The Labute approximate surface area is 246 Å². The van der Waals surface area contributed by atoms with Crippen molar-refractivity contribution >= 4 is 11.0 Å². The minimum Gasteiger partial charge on any atom is -0.356 e. The van der Waals surface area contributed by atoms with Gasteiger partial charge < -0.3 is 4.52 Å². The predicted octanol–water partition coefficient (Wildman–Crippen LogP) is 7.32. The number of benzene rings is 1. The van der Waals surface area contributed by atoms with Crippen molar-refractivity contribution in [2.75, 3.05) is 13.0 Å². The molecular formula is C33H47FN4O2. The molecule has 4 heterocycles. The quantitative estimate of drug-likeness (QED) is 0.337. The van der Waals surface area contributed by atoms with Crippen molar-refractivity contribution < 1.29 is 17.1 Å². The average Bonchev–Trinajstić information content (AvgIpc) is 3.33. The number of rotatable bonds is 4. The summed E-state index contributed by atoms with van der Waals surface area (Å²) in [5.41, 5.74) is -0.936. The summed E-state index contributed by atoms with van der Waals surface area (Å²) in [5.74, 6) is -5.11. The van der Waals surface area contributed by atoms with Crippen LogP contribution < -0.4 is 5.56 Å². The van der Waals surface area contributed by atoms with E-state index in [0.717, 1.165) is 6.07 Å². The van der Waals surface area contributed by atoms with Gasteiger partial charge in [0.15, 0.2) is 5.58 Å². The van der Waals surface area contributed by atoms with Crippen molar-refractivity contribution in [1.82, 2.24) is 19.6 Å². The summed E-state index contributed by atoms with van der Waals surface area (Å²) in [6.07, 6.45) is -2.40. The molecule has 1 fully saturated rings. The van der Waals surface area contributed by atoms with Crippen LogP contribution in [0.1, 0.15) is 123 Å². The van der Waals surface area contributed by atoms with E-state index in [9.17, 15) is 17.4 Å². The van der Waals surface area contributed by atoms with Crippen LogP contribution in [0.4, 0.5) is 4.39 Å². The zero-order valence-corrected chi connectivity index (χ0v) is 25.7. The molecule has 2 aliphatic rings. The van der Waals surface area contributed by atoms with E-state index >= 15 is 0 Å². The number of nitrogens with zero attached hydrogens (tertiary/aromatic N) is 4. The normalized spacial score (nSPS) is 35.0. The van der Waals surface area contributed by atoms with Gasteiger partial charge in [0.2, 0.25) is 0 Å². The summed E-state index contributed by atoms with van der Waals surface area (Å²) in [5, 5.41) is 4.21. The SMILES string of the molecule is [2H]C1([2H])N(CC(C)c2c(C)nc3n(c2=O)C(C)C(C)(C)C(C)(C)C3)C(C)(C)C([2H])(C)C([2H])(c2noc3cc(F)cc(C)c23)C1([2H])[2H]. The summed E-state index contributed by atoms with van der Waals surface area (Å²) in [4.78, 5) is 20.5. The Morgan fingerprint density at radius 1 is 1.20 bits per heavy atom. The molecule has 0 saturated carbocycles. The third-order valence-corrected chi connectivity index (χ3v) is 10.4. The van der Waals surface area contributed by atoms with Gasteiger partial charge in [-0.2, -0.15) is 0 Å². The molecule has 5 rings (SSSR count). The molecule has 0 radical (unpaired) electrons. The highest BCUT2D eigenvalue weighted by Gasteiger charge is 2.48. The molecule has 1 saturated heterocycles. The fourth-order valence-corrected chi connectivity index (χ4v) is 6.45. The number of hydrogen-bond acceptors (Lipinski definition) is 5. The Kier molecular flexibility index (Phi) is 5.25. The third kappa shape index (κ3) is 4.26. The van der Waals surface area contributed by atoms with Gasteiger partial charge in [-0.05, 0) is 75.8 Å². The Morgan fingerprint density at radius 2 is 1.88 bits per heavy atom. The molecule has 3 aromatic rings. The monoisotopic (exact) mass is 556 g/mol. The van der Waals surface area contributed by atoms with E-state index in [2.05, 4.69) is 32.9 Å². The number of fused-ring (bicyclic) bond motifs is 2. The Hall–Kier alpha value is -2.54. The number of aryl methyl sites for hydroxylation is 2. The van der Waals surface area contributed by atoms with Gasteiger partial charge in [-0.3, -0.25) is 14.3 Å². The minimum atomic E-state index is -3.03. The van der Waals surface area contributed by atoms with Crippen LogP contribution in [0.5, 0.6) is 0 Å². The van der Waals surface area contributed by atoms with E-state index in [4.69, 9.17) is 9.51 Å². The second-order valence-corrected chi connectivity index (χ2v) is 13.6. The Bertz CT molecular complexity index is 1770. The first kappa shape index (κ1) is 22.1. The van der Waals surface area contributed by atoms with Crippen molar-refractivity contribution in [2.24, 2.45) is 16.7 Å². The van der Waals surface area contributed by atoms with Crippen LogP contribution in [0.15, 0.2) is 21.5 Å². The molecule has 4 atom stereocenters. The highest BCUT2D eigenvalue weighted by molar-refractivity contribution is 5.83. The number of piperidine rings is 1. The van der Waals surface area contributed by atoms with Crippen LogP contribution in [0.3, 0.4) is 0 Å². The lowest BCUT2D eigenvalue weighted by molar-refractivity contribution is 0.0102. The van der Waals surface area contributed by atoms with Crippen molar-refractivity contribution in [3.05, 3.63) is 56.6 Å². The van der Waals surface area contributed by atoms with E-state index in [0.29, 0.717) is 29.1 Å². The third-order valence-electron chi connectivity index (χ3n) is 10.4. The number of likely N-dealkylation sites (tertiary alicyclic amines) is 1. The molecule has 0 aliphatic carbocycles. The molecule has 2 aliphatic heterocycles. The first-order chi connectivity index (χ1) is 20.7. The Morgan fingerprint density at radius 3 is 2.55 bits per heavy atom. The molecule has 0 amide bonds. The first-order valence-electron chi connectivity index (χ1n) is 17.2. The maximum atomic E-state index is 14.3. The molecule has 218 valence electrons. The van der Waals surface area contributed by atoms with Crippen molar-refractivity contribution in [1.29, 1.82) is 0 Å². The van der Waals surface area contributed by atoms with Gasteiger partial charge in [0.25, 0.3) is 5.56 Å². The molecule has 1 aromatic carbocycles. The molecule has 0 bridgehead atoms. The maximum absolute atomic E-state index is 14.3. The van der Waals surface area contributed by atoms with E-state index < -0.39 is 41.9 Å². The zero-order chi connectivity index (χ0) is 35.0. The summed E-state index contributed by atoms with van der Waals surface area (Å²) in [7, 11) is 0. The van der Waals surface area contributed by atoms with Crippen molar-refractivity contribution in [3.8, 4) is 0 Å². The highest BCUT2D eigenvalue weighted by Crippen LogP contribution is 2.51. The lowest BCUT2D eigenvalue weighted by Crippen LogP contribution is -2.56. The van der Waals surface area contributed by atoms with Crippen LogP contribution >= 0.6 is 0 Å². The fourth-order valence-electron chi connectivity index (χ4n) is 6.45. The highest BCUT2D eigenvalue weighted by atomic mass is 19.1. The lowest BCUT2D eigenvalue weighted by atomic mass is 9.60. The van der Waals surface area contributed by atoms with Crippen molar-refractivity contribution in [3.63, 3.8) is 0 Å². The van der Waals surface area contributed by atoms with Gasteiger partial charge in [0.1, 0.15) is 11.6 Å². The van der Waals surface area contributed by atoms with E-state index in [-0.39, 0.29) is 45.6 Å². The molecule has 0 spiro atoms. The van der Waals surface area contributed by atoms with Crippen molar-refractivity contribution in [2.45, 2.75) is 112 Å². The summed E-state index contributed by atoms with van der Waals surface area (Å²) >= 11 is 0. The minimum absolute atomic E-state index is 0.00297. The largest absolute Gasteiger partial charge is 0.356 e. The molecule has 4 unspecified atom stereocenters. The molecule has 6 nitrogen and oxygen atoms in total. The molecular weight excluding hydrogens is 503 g/mol. The van der Waals surface area contributed by atoms with Gasteiger partial charge in [-0.15, -0.1) is 0 Å². The number of aromatic nitrogens is 3. The van der Waals surface area contributed by atoms with Crippen LogP contribution in [-0.4, -0.2) is 38.2 Å². The van der Waals surface area contributed by atoms with Gasteiger partial charge in [0.05, 0.1) is 5.69 Å². The van der Waals surface area contributed by atoms with Gasteiger partial charge in [0, 0.05) is 67.3 Å². The topological polar surface area (TPSA) is 64.2 Å². The summed E-state index contributed by atoms with van der Waals surface area (Å²) in [6.45, 7) is 17.6. The molecule has 40 heavy (non-hydrogen) atoms. The van der Waals surface area contributed by atoms with E-state index in [1.54, 1.807) is 39.2 Å². The Balaban J connectivity index is 1.64. The van der Waals surface area contributed by atoms with Gasteiger partial charge in [-0.25, -0.2) is 9.37 Å².